The molecule has 1 amide bonds. The number of carbonyl (C=O) groups is 1. The van der Waals surface area contributed by atoms with Gasteiger partial charge >= 0.3 is 0 Å². The van der Waals surface area contributed by atoms with Crippen LogP contribution in [0.1, 0.15) is 51.9 Å². The van der Waals surface area contributed by atoms with Crippen LogP contribution in [0.4, 0.5) is 0 Å². The molecule has 3 rings (SSSR count). The van der Waals surface area contributed by atoms with Gasteiger partial charge in [0.05, 0.1) is 4.90 Å². The minimum absolute atomic E-state index is 0.0193. The third kappa shape index (κ3) is 5.51. The van der Waals surface area contributed by atoms with E-state index in [-0.39, 0.29) is 17.2 Å². The number of aromatic nitrogens is 3. The Hall–Kier alpha value is -2.26. The van der Waals surface area contributed by atoms with E-state index in [9.17, 15) is 13.2 Å². The maximum absolute atomic E-state index is 13.0. The molecule has 1 saturated heterocycles. The van der Waals surface area contributed by atoms with Gasteiger partial charge in [-0.25, -0.2) is 8.42 Å². The third-order valence-corrected chi connectivity index (χ3v) is 7.78. The Morgan fingerprint density at radius 2 is 1.81 bits per heavy atom. The lowest BCUT2D eigenvalue weighted by Crippen LogP contribution is -2.43. The molecule has 31 heavy (non-hydrogen) atoms. The minimum Gasteiger partial charge on any atom is -0.355 e. The normalized spacial score (nSPS) is 16.4. The molecule has 2 aromatic rings. The first-order valence-corrected chi connectivity index (χ1v) is 12.3. The number of hydrogen-bond acceptors (Lipinski definition) is 5. The molecular weight excluding hydrogens is 414 g/mol. The molecular formula is C22H33N5O3S. The predicted octanol–water partition coefficient (Wildman–Crippen LogP) is 2.36. The Kier molecular flexibility index (Phi) is 7.16. The van der Waals surface area contributed by atoms with Crippen molar-refractivity contribution in [3.05, 3.63) is 42.0 Å². The molecule has 0 spiro atoms. The lowest BCUT2D eigenvalue weighted by Gasteiger charge is -2.30. The molecule has 1 aliphatic rings. The number of sulfonamides is 1. The molecule has 9 heteroatoms. The Morgan fingerprint density at radius 3 is 2.39 bits per heavy atom. The summed E-state index contributed by atoms with van der Waals surface area (Å²) in [5.41, 5.74) is 1.07. The van der Waals surface area contributed by atoms with Gasteiger partial charge in [0.1, 0.15) is 12.2 Å². The van der Waals surface area contributed by atoms with Crippen LogP contribution in [0, 0.1) is 5.92 Å². The van der Waals surface area contributed by atoms with E-state index in [4.69, 9.17) is 0 Å². The average Bonchev–Trinajstić information content (AvgIpc) is 3.20. The summed E-state index contributed by atoms with van der Waals surface area (Å²) in [4.78, 5) is 12.8. The second-order valence-electron chi connectivity index (χ2n) is 9.03. The molecule has 0 atom stereocenters. The highest BCUT2D eigenvalue weighted by molar-refractivity contribution is 7.89. The number of hydrogen-bond donors (Lipinski definition) is 1. The number of nitrogens with zero attached hydrogens (tertiary/aromatic N) is 4. The number of benzene rings is 1. The van der Waals surface area contributed by atoms with E-state index in [0.29, 0.717) is 43.8 Å². The Bertz CT molecular complexity index is 985. The van der Waals surface area contributed by atoms with E-state index < -0.39 is 10.0 Å². The Balaban J connectivity index is 1.51. The van der Waals surface area contributed by atoms with Crippen molar-refractivity contribution in [3.8, 4) is 0 Å². The number of piperidine rings is 1. The van der Waals surface area contributed by atoms with Crippen molar-refractivity contribution in [1.82, 2.24) is 24.4 Å². The van der Waals surface area contributed by atoms with Gasteiger partial charge in [0.2, 0.25) is 15.9 Å². The molecule has 2 heterocycles. The van der Waals surface area contributed by atoms with Crippen molar-refractivity contribution >= 4 is 15.9 Å². The fourth-order valence-electron chi connectivity index (χ4n) is 3.81. The SMILES string of the molecule is CCn1cnnc1CCNC(=O)C1CCN(S(=O)(=O)c2ccc(C(C)(C)C)cc2)CC1. The largest absolute Gasteiger partial charge is 0.355 e. The molecule has 170 valence electrons. The molecule has 0 radical (unpaired) electrons. The first-order chi connectivity index (χ1) is 14.6. The summed E-state index contributed by atoms with van der Waals surface area (Å²) in [6.07, 6.45) is 3.36. The highest BCUT2D eigenvalue weighted by atomic mass is 32.2. The summed E-state index contributed by atoms with van der Waals surface area (Å²) in [5, 5.41) is 10.9. The van der Waals surface area contributed by atoms with E-state index in [1.165, 1.54) is 4.31 Å². The zero-order valence-corrected chi connectivity index (χ0v) is 19.7. The van der Waals surface area contributed by atoms with Crippen molar-refractivity contribution in [2.45, 2.75) is 63.8 Å². The van der Waals surface area contributed by atoms with Crippen molar-refractivity contribution in [1.29, 1.82) is 0 Å². The highest BCUT2D eigenvalue weighted by Gasteiger charge is 2.32. The van der Waals surface area contributed by atoms with E-state index in [1.807, 2.05) is 23.6 Å². The number of amides is 1. The summed E-state index contributed by atoms with van der Waals surface area (Å²) in [6.45, 7) is 10.3. The summed E-state index contributed by atoms with van der Waals surface area (Å²) in [6, 6.07) is 7.13. The molecule has 1 fully saturated rings. The van der Waals surface area contributed by atoms with Crippen molar-refractivity contribution in [2.24, 2.45) is 5.92 Å². The standard InChI is InChI=1S/C22H33N5O3S/c1-5-26-16-24-25-20(26)10-13-23-21(28)17-11-14-27(15-12-17)31(29,30)19-8-6-18(7-9-19)22(2,3)4/h6-9,16-17H,5,10-15H2,1-4H3,(H,23,28). The lowest BCUT2D eigenvalue weighted by molar-refractivity contribution is -0.126. The van der Waals surface area contributed by atoms with E-state index >= 15 is 0 Å². The van der Waals surface area contributed by atoms with E-state index in [1.54, 1.807) is 18.5 Å². The molecule has 1 aromatic carbocycles. The zero-order chi connectivity index (χ0) is 22.6. The maximum atomic E-state index is 13.0. The summed E-state index contributed by atoms with van der Waals surface area (Å²) < 4.78 is 29.4. The lowest BCUT2D eigenvalue weighted by atomic mass is 9.87. The van der Waals surface area contributed by atoms with Gasteiger partial charge in [-0.15, -0.1) is 10.2 Å². The number of nitrogens with one attached hydrogen (secondary N) is 1. The summed E-state index contributed by atoms with van der Waals surface area (Å²) in [7, 11) is -3.54. The van der Waals surface area contributed by atoms with Crippen LogP contribution in [0.5, 0.6) is 0 Å². The molecule has 8 nitrogen and oxygen atoms in total. The van der Waals surface area contributed by atoms with Crippen LogP contribution in [-0.4, -0.2) is 53.0 Å². The van der Waals surface area contributed by atoms with Crippen molar-refractivity contribution < 1.29 is 13.2 Å². The first-order valence-electron chi connectivity index (χ1n) is 10.9. The molecule has 1 aromatic heterocycles. The second-order valence-corrected chi connectivity index (χ2v) is 11.0. The summed E-state index contributed by atoms with van der Waals surface area (Å²) >= 11 is 0. The number of aryl methyl sites for hydroxylation is 1. The minimum atomic E-state index is -3.54. The van der Waals surface area contributed by atoms with Crippen molar-refractivity contribution in [2.75, 3.05) is 19.6 Å². The monoisotopic (exact) mass is 447 g/mol. The Labute approximate surface area is 185 Å². The highest BCUT2D eigenvalue weighted by Crippen LogP contribution is 2.27. The topological polar surface area (TPSA) is 97.2 Å². The smallest absolute Gasteiger partial charge is 0.243 e. The zero-order valence-electron chi connectivity index (χ0n) is 18.8. The summed E-state index contributed by atoms with van der Waals surface area (Å²) in [5.74, 6) is 0.661. The van der Waals surface area contributed by atoms with Crippen LogP contribution in [-0.2, 0) is 33.2 Å². The maximum Gasteiger partial charge on any atom is 0.243 e. The van der Waals surface area contributed by atoms with Crippen LogP contribution in [0.15, 0.2) is 35.5 Å². The molecule has 1 aliphatic heterocycles. The number of rotatable bonds is 7. The van der Waals surface area contributed by atoms with E-state index in [2.05, 4.69) is 36.3 Å². The van der Waals surface area contributed by atoms with Gasteiger partial charge in [0, 0.05) is 38.5 Å². The molecule has 0 saturated carbocycles. The molecule has 1 N–H and O–H groups in total. The molecule has 0 bridgehead atoms. The fourth-order valence-corrected chi connectivity index (χ4v) is 5.28. The van der Waals surface area contributed by atoms with Crippen LogP contribution in [0.3, 0.4) is 0 Å². The predicted molar refractivity (Wildman–Crippen MR) is 119 cm³/mol. The second kappa shape index (κ2) is 9.48. The van der Waals surface area contributed by atoms with Crippen LogP contribution in [0.25, 0.3) is 0 Å². The average molecular weight is 448 g/mol. The van der Waals surface area contributed by atoms with Gasteiger partial charge in [0.25, 0.3) is 0 Å². The van der Waals surface area contributed by atoms with Gasteiger partial charge in [-0.2, -0.15) is 4.31 Å². The molecule has 0 aliphatic carbocycles. The van der Waals surface area contributed by atoms with Gasteiger partial charge in [0.15, 0.2) is 0 Å². The van der Waals surface area contributed by atoms with Crippen molar-refractivity contribution in [3.63, 3.8) is 0 Å². The van der Waals surface area contributed by atoms with Gasteiger partial charge in [-0.3, -0.25) is 4.79 Å². The van der Waals surface area contributed by atoms with E-state index in [0.717, 1.165) is 17.9 Å². The van der Waals surface area contributed by atoms with Gasteiger partial charge in [-0.05, 0) is 42.9 Å². The van der Waals surface area contributed by atoms with Gasteiger partial charge in [-0.1, -0.05) is 32.9 Å². The molecule has 0 unspecified atom stereocenters. The van der Waals surface area contributed by atoms with Crippen LogP contribution < -0.4 is 5.32 Å². The third-order valence-electron chi connectivity index (χ3n) is 5.87. The van der Waals surface area contributed by atoms with Crippen LogP contribution >= 0.6 is 0 Å². The quantitative estimate of drug-likeness (QED) is 0.703. The Morgan fingerprint density at radius 1 is 1.16 bits per heavy atom. The number of carbonyl (C=O) groups excluding carboxylic acids is 1. The van der Waals surface area contributed by atoms with Crippen LogP contribution in [0.2, 0.25) is 0 Å². The first kappa shape index (κ1) is 23.4. The van der Waals surface area contributed by atoms with Gasteiger partial charge < -0.3 is 9.88 Å². The fraction of sp³-hybridized carbons (Fsp3) is 0.591.